The van der Waals surface area contributed by atoms with Gasteiger partial charge in [0.05, 0.1) is 36.8 Å². The topological polar surface area (TPSA) is 181 Å². The van der Waals surface area contributed by atoms with Gasteiger partial charge in [0.15, 0.2) is 11.5 Å². The smallest absolute Gasteiger partial charge is 0.404 e. The van der Waals surface area contributed by atoms with Crippen LogP contribution in [-0.4, -0.2) is 116 Å². The Hall–Kier alpha value is -3.08. The molecule has 15 nitrogen and oxygen atoms in total. The third-order valence-electron chi connectivity index (χ3n) is 7.85. The highest BCUT2D eigenvalue weighted by molar-refractivity contribution is 7.99. The predicted octanol–water partition coefficient (Wildman–Crippen LogP) is -1.95. The number of tetrazole rings is 1. The van der Waals surface area contributed by atoms with Crippen LogP contribution in [0.5, 0.6) is 0 Å². The van der Waals surface area contributed by atoms with Gasteiger partial charge in [-0.3, -0.25) is 14.4 Å². The van der Waals surface area contributed by atoms with Crippen molar-refractivity contribution in [1.82, 2.24) is 30.0 Å². The molecule has 5 aliphatic rings. The Morgan fingerprint density at radius 2 is 1.97 bits per heavy atom. The van der Waals surface area contributed by atoms with Gasteiger partial charge in [-0.15, -0.1) is 5.10 Å². The van der Waals surface area contributed by atoms with E-state index in [1.54, 1.807) is 16.8 Å². The third kappa shape index (κ3) is 3.09. The molecule has 1 spiro atoms. The van der Waals surface area contributed by atoms with Crippen LogP contribution in [0.1, 0.15) is 6.92 Å². The quantitative estimate of drug-likeness (QED) is 0.314. The highest BCUT2D eigenvalue weighted by Crippen LogP contribution is 2.61. The largest absolute Gasteiger partial charge is 0.449 e. The van der Waals surface area contributed by atoms with Gasteiger partial charge in [0.2, 0.25) is 22.6 Å². The second-order valence-electron chi connectivity index (χ2n) is 9.46. The number of piperazine rings is 1. The van der Waals surface area contributed by atoms with Gasteiger partial charge in [0.1, 0.15) is 12.6 Å². The number of ketones is 2. The zero-order valence-corrected chi connectivity index (χ0v) is 21.1. The molecule has 2 N–H and O–H groups in total. The Labute approximate surface area is 214 Å². The van der Waals surface area contributed by atoms with Crippen LogP contribution in [0.25, 0.3) is 0 Å². The molecule has 5 atom stereocenters. The van der Waals surface area contributed by atoms with Crippen molar-refractivity contribution < 1.29 is 38.1 Å². The van der Waals surface area contributed by atoms with E-state index in [0.29, 0.717) is 5.16 Å². The molecule has 5 heterocycles. The van der Waals surface area contributed by atoms with Crippen LogP contribution >= 0.6 is 11.8 Å². The number of ether oxygens (including phenoxy) is 4. The second-order valence-corrected chi connectivity index (χ2v) is 10.4. The van der Waals surface area contributed by atoms with Crippen molar-refractivity contribution in [2.75, 3.05) is 39.2 Å². The van der Waals surface area contributed by atoms with E-state index in [0.717, 1.165) is 0 Å². The molecular weight excluding hydrogens is 510 g/mol. The monoisotopic (exact) mass is 535 g/mol. The fourth-order valence-electron chi connectivity index (χ4n) is 6.44. The highest BCUT2D eigenvalue weighted by atomic mass is 32.2. The van der Waals surface area contributed by atoms with Crippen LogP contribution in [-0.2, 0) is 40.4 Å². The molecular formula is C21H25N7O8S. The first-order valence-electron chi connectivity index (χ1n) is 11.7. The number of primary amides is 1. The number of Topliss-reactive ketones (excluding diaryl/α,β-unsaturated/α-hetero) is 2. The summed E-state index contributed by atoms with van der Waals surface area (Å²) in [7, 11) is 3.11. The lowest BCUT2D eigenvalue weighted by molar-refractivity contribution is -0.197. The van der Waals surface area contributed by atoms with Gasteiger partial charge in [-0.25, -0.2) is 9.48 Å². The molecule has 0 saturated carbocycles. The van der Waals surface area contributed by atoms with E-state index in [4.69, 9.17) is 24.7 Å². The summed E-state index contributed by atoms with van der Waals surface area (Å²) in [5.41, 5.74) is 4.24. The van der Waals surface area contributed by atoms with Crippen LogP contribution in [0.3, 0.4) is 0 Å². The van der Waals surface area contributed by atoms with Crippen LogP contribution in [0.2, 0.25) is 0 Å². The van der Waals surface area contributed by atoms with Gasteiger partial charge in [0.25, 0.3) is 0 Å². The molecule has 3 fully saturated rings. The molecule has 0 radical (unpaired) electrons. The van der Waals surface area contributed by atoms with E-state index < -0.39 is 41.3 Å². The summed E-state index contributed by atoms with van der Waals surface area (Å²) in [5.74, 6) is -4.70. The zero-order valence-electron chi connectivity index (χ0n) is 20.3. The van der Waals surface area contributed by atoms with Crippen LogP contribution < -0.4 is 5.73 Å². The van der Waals surface area contributed by atoms with Gasteiger partial charge >= 0.3 is 6.09 Å². The molecule has 16 heteroatoms. The van der Waals surface area contributed by atoms with E-state index in [1.807, 2.05) is 0 Å². The second kappa shape index (κ2) is 8.21. The van der Waals surface area contributed by atoms with E-state index in [2.05, 4.69) is 15.5 Å². The van der Waals surface area contributed by atoms with E-state index >= 15 is 0 Å². The summed E-state index contributed by atoms with van der Waals surface area (Å²) in [5, 5.41) is 11.8. The Bertz CT molecular complexity index is 1250. The summed E-state index contributed by atoms with van der Waals surface area (Å²) < 4.78 is 24.5. The first kappa shape index (κ1) is 24.3. The minimum Gasteiger partial charge on any atom is -0.449 e. The molecule has 0 bridgehead atoms. The van der Waals surface area contributed by atoms with E-state index in [1.165, 1.54) is 30.5 Å². The minimum absolute atomic E-state index is 0.102. The molecule has 1 aliphatic carbocycles. The molecule has 4 aliphatic heterocycles. The molecule has 6 rings (SSSR count). The first-order valence-corrected chi connectivity index (χ1v) is 12.7. The van der Waals surface area contributed by atoms with Crippen molar-refractivity contribution in [3.8, 4) is 0 Å². The summed E-state index contributed by atoms with van der Waals surface area (Å²) in [6.45, 7) is 1.65. The Morgan fingerprint density at radius 1 is 1.24 bits per heavy atom. The van der Waals surface area contributed by atoms with Gasteiger partial charge in [-0.1, -0.05) is 11.8 Å². The lowest BCUT2D eigenvalue weighted by Gasteiger charge is -2.41. The van der Waals surface area contributed by atoms with Gasteiger partial charge < -0.3 is 34.5 Å². The number of nitrogens with zero attached hydrogens (tertiary/aromatic N) is 6. The maximum absolute atomic E-state index is 14.2. The van der Waals surface area contributed by atoms with Crippen molar-refractivity contribution in [1.29, 1.82) is 0 Å². The molecule has 37 heavy (non-hydrogen) atoms. The van der Waals surface area contributed by atoms with Gasteiger partial charge in [0, 0.05) is 39.0 Å². The average Bonchev–Trinajstić information content (AvgIpc) is 3.25. The SMILES string of the molecule is CO[C@@]12[C@H](COC(N)=O)C3=C(C(=O)C(CSc4nnnn4C)C4(OCCO4)C3=O)N1C[C@H]1[C@@H]2N1C(C)=O. The van der Waals surface area contributed by atoms with E-state index in [9.17, 15) is 19.2 Å². The number of aryl methyl sites for hydroxylation is 1. The molecule has 198 valence electrons. The third-order valence-corrected chi connectivity index (χ3v) is 8.95. The molecule has 2 amide bonds. The van der Waals surface area contributed by atoms with Crippen LogP contribution in [0, 0.1) is 11.8 Å². The lowest BCUT2D eigenvalue weighted by atomic mass is 9.76. The normalized spacial score (nSPS) is 33.2. The summed E-state index contributed by atoms with van der Waals surface area (Å²) in [4.78, 5) is 55.8. The summed E-state index contributed by atoms with van der Waals surface area (Å²) in [6, 6.07) is -0.653. The molecule has 1 aromatic heterocycles. The Kier molecular flexibility index (Phi) is 5.38. The fourth-order valence-corrected chi connectivity index (χ4v) is 7.45. The minimum atomic E-state index is -1.85. The lowest BCUT2D eigenvalue weighted by Crippen LogP contribution is -2.56. The fraction of sp³-hybridized carbons (Fsp3) is 0.667. The summed E-state index contributed by atoms with van der Waals surface area (Å²) >= 11 is 1.20. The first-order chi connectivity index (χ1) is 17.7. The average molecular weight is 536 g/mol. The van der Waals surface area contributed by atoms with E-state index in [-0.39, 0.29) is 61.1 Å². The van der Waals surface area contributed by atoms with Gasteiger partial charge in [-0.2, -0.15) is 0 Å². The van der Waals surface area contributed by atoms with Crippen LogP contribution in [0.15, 0.2) is 16.4 Å². The Morgan fingerprint density at radius 3 is 2.57 bits per heavy atom. The number of methoxy groups -OCH3 is 1. The Balaban J connectivity index is 1.44. The number of hydrogen-bond acceptors (Lipinski definition) is 13. The number of aromatic nitrogens is 4. The predicted molar refractivity (Wildman–Crippen MR) is 120 cm³/mol. The number of allylic oxidation sites excluding steroid dienone is 1. The molecule has 1 unspecified atom stereocenters. The van der Waals surface area contributed by atoms with Gasteiger partial charge in [-0.05, 0) is 10.4 Å². The highest BCUT2D eigenvalue weighted by Gasteiger charge is 2.79. The van der Waals surface area contributed by atoms with Crippen molar-refractivity contribution >= 4 is 35.3 Å². The molecule has 1 aromatic rings. The standard InChI is InChI=1S/C21H25N7O8S/c1-9(29)28-12-6-27-14-13(10(7-34-18(22)32)20(27,33-3)16(12)28)17(31)21(35-4-5-36-21)11(15(14)30)8-37-19-23-24-25-26(19)2/h10-12,16H,4-8H2,1-3H3,(H2,22,32)/t10-,11?,12+,16+,20-,28?/m1/s1. The number of amides is 2. The number of nitrogens with two attached hydrogens (primary N) is 1. The maximum atomic E-state index is 14.2. The number of thioether (sulfide) groups is 1. The molecule has 3 saturated heterocycles. The maximum Gasteiger partial charge on any atom is 0.404 e. The number of rotatable bonds is 6. The van der Waals surface area contributed by atoms with Crippen molar-refractivity contribution in [3.63, 3.8) is 0 Å². The number of fused-ring (bicyclic) bond motifs is 4. The zero-order chi connectivity index (χ0) is 26.3. The van der Waals surface area contributed by atoms with Crippen LogP contribution in [0.4, 0.5) is 4.79 Å². The number of carbonyl (C=O) groups excluding carboxylic acids is 4. The number of carbonyl (C=O) groups is 4. The van der Waals surface area contributed by atoms with Crippen molar-refractivity contribution in [2.24, 2.45) is 24.6 Å². The van der Waals surface area contributed by atoms with Crippen molar-refractivity contribution in [2.45, 2.75) is 35.7 Å². The summed E-state index contributed by atoms with van der Waals surface area (Å²) in [6.07, 6.45) is -1.04. The van der Waals surface area contributed by atoms with Crippen molar-refractivity contribution in [3.05, 3.63) is 11.3 Å². The number of hydrogen-bond donors (Lipinski definition) is 1. The molecule has 0 aromatic carbocycles.